The van der Waals surface area contributed by atoms with Gasteiger partial charge in [-0.1, -0.05) is 12.1 Å². The lowest BCUT2D eigenvalue weighted by atomic mass is 9.75. The number of rotatable bonds is 5. The van der Waals surface area contributed by atoms with Crippen molar-refractivity contribution in [1.82, 2.24) is 4.98 Å². The van der Waals surface area contributed by atoms with Gasteiger partial charge in [0.2, 0.25) is 12.8 Å². The van der Waals surface area contributed by atoms with Gasteiger partial charge in [0.25, 0.3) is 0 Å². The number of nitrogens with one attached hydrogen (secondary N) is 1. The van der Waals surface area contributed by atoms with Gasteiger partial charge < -0.3 is 19.1 Å². The van der Waals surface area contributed by atoms with Gasteiger partial charge in [0.1, 0.15) is 28.9 Å². The average Bonchev–Trinajstić information content (AvgIpc) is 3.37. The Bertz CT molecular complexity index is 1220. The molecular formula is C23H20FN3O6. The molecule has 5 rings (SSSR count). The number of carbonyl (C=O) groups is 2. The quantitative estimate of drug-likeness (QED) is 0.357. The number of hydrogen-bond acceptors (Lipinski definition) is 7. The van der Waals surface area contributed by atoms with Crippen LogP contribution in [-0.2, 0) is 15.1 Å². The molecule has 0 unspecified atom stereocenters. The van der Waals surface area contributed by atoms with Crippen LogP contribution >= 0.6 is 0 Å². The predicted octanol–water partition coefficient (Wildman–Crippen LogP) is 3.48. The van der Waals surface area contributed by atoms with Crippen LogP contribution in [0.4, 0.5) is 10.4 Å². The fourth-order valence-corrected chi connectivity index (χ4v) is 4.52. The molecule has 170 valence electrons. The molecule has 2 aromatic heterocycles. The van der Waals surface area contributed by atoms with Crippen molar-refractivity contribution < 1.29 is 32.6 Å². The van der Waals surface area contributed by atoms with Crippen molar-refractivity contribution in [3.8, 4) is 17.0 Å². The van der Waals surface area contributed by atoms with E-state index < -0.39 is 18.4 Å². The first kappa shape index (κ1) is 20.9. The van der Waals surface area contributed by atoms with Crippen LogP contribution in [0.15, 0.2) is 53.4 Å². The van der Waals surface area contributed by atoms with Gasteiger partial charge in [0.15, 0.2) is 12.4 Å². The summed E-state index contributed by atoms with van der Waals surface area (Å²) in [5.41, 5.74) is 1.33. The van der Waals surface area contributed by atoms with E-state index in [1.54, 1.807) is 30.3 Å². The molecule has 1 aliphatic heterocycles. The third-order valence-corrected chi connectivity index (χ3v) is 6.18. The third-order valence-electron chi connectivity index (χ3n) is 6.18. The molecule has 0 radical (unpaired) electrons. The van der Waals surface area contributed by atoms with Crippen molar-refractivity contribution >= 4 is 17.9 Å². The van der Waals surface area contributed by atoms with Crippen LogP contribution in [0.2, 0.25) is 0 Å². The monoisotopic (exact) mass is 453 g/mol. The topological polar surface area (TPSA) is 118 Å². The number of amides is 1. The molecule has 3 aromatic rings. The maximum atomic E-state index is 12.8. The SMILES string of the molecule is O=C1O[C@]2(CC[C@H](C(=O)Nc3nc(-c4cccc(OCF)c4)co3)CC2)c2cc[n+]([O-])cc21. The molecule has 1 N–H and O–H groups in total. The predicted molar refractivity (Wildman–Crippen MR) is 112 cm³/mol. The Labute approximate surface area is 187 Å². The van der Waals surface area contributed by atoms with Gasteiger partial charge in [-0.2, -0.15) is 9.71 Å². The third kappa shape index (κ3) is 3.88. The molecular weight excluding hydrogens is 433 g/mol. The number of oxazole rings is 1. The lowest BCUT2D eigenvalue weighted by Gasteiger charge is -2.35. The highest BCUT2D eigenvalue weighted by atomic mass is 19.1. The average molecular weight is 453 g/mol. The summed E-state index contributed by atoms with van der Waals surface area (Å²) in [7, 11) is 0. The van der Waals surface area contributed by atoms with Crippen LogP contribution in [0.25, 0.3) is 11.3 Å². The van der Waals surface area contributed by atoms with Gasteiger partial charge >= 0.3 is 12.0 Å². The van der Waals surface area contributed by atoms with Crippen molar-refractivity contribution in [3.05, 3.63) is 65.3 Å². The summed E-state index contributed by atoms with van der Waals surface area (Å²) in [5.74, 6) is -0.684. The van der Waals surface area contributed by atoms with Crippen LogP contribution < -0.4 is 14.8 Å². The van der Waals surface area contributed by atoms with E-state index in [4.69, 9.17) is 13.9 Å². The number of esters is 1. The number of halogens is 1. The standard InChI is InChI=1S/C23H20FN3O6/c24-13-32-16-3-1-2-15(10-16)19-12-31-22(25-19)26-20(28)14-4-7-23(8-5-14)18-6-9-27(30)11-17(18)21(29)33-23/h1-3,6,9-12,14H,4-5,7-8,13H2,(H,25,26,28)/t14-,23-. The summed E-state index contributed by atoms with van der Waals surface area (Å²) in [6, 6.07) is 8.40. The lowest BCUT2D eigenvalue weighted by molar-refractivity contribution is -0.605. The van der Waals surface area contributed by atoms with Crippen LogP contribution in [0.3, 0.4) is 0 Å². The molecule has 1 spiro atoms. The molecule has 3 heterocycles. The fraction of sp³-hybridized carbons (Fsp3) is 0.304. The zero-order valence-corrected chi connectivity index (χ0v) is 17.5. The summed E-state index contributed by atoms with van der Waals surface area (Å²) in [4.78, 5) is 29.3. The lowest BCUT2D eigenvalue weighted by Crippen LogP contribution is -2.36. The second-order valence-corrected chi connectivity index (χ2v) is 8.10. The molecule has 1 aromatic carbocycles. The minimum Gasteiger partial charge on any atom is -0.619 e. The molecule has 1 amide bonds. The van der Waals surface area contributed by atoms with Gasteiger partial charge in [0.05, 0.1) is 0 Å². The van der Waals surface area contributed by atoms with E-state index in [2.05, 4.69) is 10.3 Å². The van der Waals surface area contributed by atoms with Crippen molar-refractivity contribution in [3.63, 3.8) is 0 Å². The van der Waals surface area contributed by atoms with Gasteiger partial charge in [-0.15, -0.1) is 0 Å². The number of alkyl halides is 1. The highest BCUT2D eigenvalue weighted by Gasteiger charge is 2.49. The zero-order chi connectivity index (χ0) is 23.0. The van der Waals surface area contributed by atoms with Crippen molar-refractivity contribution in [2.75, 3.05) is 12.2 Å². The van der Waals surface area contributed by atoms with E-state index in [-0.39, 0.29) is 23.4 Å². The summed E-state index contributed by atoms with van der Waals surface area (Å²) in [6.45, 7) is -0.935. The normalized spacial score (nSPS) is 21.5. The molecule has 33 heavy (non-hydrogen) atoms. The Hall–Kier alpha value is -3.95. The number of hydrogen-bond donors (Lipinski definition) is 1. The summed E-state index contributed by atoms with van der Waals surface area (Å²) in [6.07, 6.45) is 5.93. The molecule has 9 nitrogen and oxygen atoms in total. The van der Waals surface area contributed by atoms with Crippen LogP contribution in [0.5, 0.6) is 5.75 Å². The molecule has 1 aliphatic carbocycles. The molecule has 1 fully saturated rings. The molecule has 2 aliphatic rings. The Morgan fingerprint density at radius 3 is 2.94 bits per heavy atom. The van der Waals surface area contributed by atoms with E-state index in [0.717, 1.165) is 0 Å². The highest BCUT2D eigenvalue weighted by molar-refractivity contribution is 5.94. The molecule has 0 atom stereocenters. The summed E-state index contributed by atoms with van der Waals surface area (Å²) >= 11 is 0. The van der Waals surface area contributed by atoms with E-state index >= 15 is 0 Å². The number of anilines is 1. The van der Waals surface area contributed by atoms with E-state index in [9.17, 15) is 19.2 Å². The van der Waals surface area contributed by atoms with Crippen LogP contribution in [0, 0.1) is 11.1 Å². The van der Waals surface area contributed by atoms with Crippen molar-refractivity contribution in [1.29, 1.82) is 0 Å². The van der Waals surface area contributed by atoms with E-state index in [1.807, 2.05) is 0 Å². The highest BCUT2D eigenvalue weighted by Crippen LogP contribution is 2.47. The summed E-state index contributed by atoms with van der Waals surface area (Å²) < 4.78 is 28.9. The first-order valence-electron chi connectivity index (χ1n) is 10.5. The van der Waals surface area contributed by atoms with E-state index in [0.29, 0.717) is 53.0 Å². The molecule has 0 saturated heterocycles. The van der Waals surface area contributed by atoms with Crippen LogP contribution in [0.1, 0.15) is 41.6 Å². The smallest absolute Gasteiger partial charge is 0.345 e. The largest absolute Gasteiger partial charge is 0.619 e. The maximum Gasteiger partial charge on any atom is 0.345 e. The number of nitrogens with zero attached hydrogens (tertiary/aromatic N) is 2. The van der Waals surface area contributed by atoms with Gasteiger partial charge in [-0.05, 0) is 37.8 Å². The Morgan fingerprint density at radius 1 is 1.33 bits per heavy atom. The van der Waals surface area contributed by atoms with Crippen molar-refractivity contribution in [2.24, 2.45) is 5.92 Å². The van der Waals surface area contributed by atoms with Gasteiger partial charge in [-0.3, -0.25) is 10.1 Å². The second kappa shape index (κ2) is 8.19. The number of aromatic nitrogens is 2. The molecule has 10 heteroatoms. The number of carbonyl (C=O) groups excluding carboxylic acids is 2. The Kier molecular flexibility index (Phi) is 5.20. The second-order valence-electron chi connectivity index (χ2n) is 8.10. The number of pyridine rings is 1. The van der Waals surface area contributed by atoms with E-state index in [1.165, 1.54) is 18.7 Å². The molecule has 1 saturated carbocycles. The van der Waals surface area contributed by atoms with Crippen LogP contribution in [-0.4, -0.2) is 23.7 Å². The Morgan fingerprint density at radius 2 is 2.15 bits per heavy atom. The fourth-order valence-electron chi connectivity index (χ4n) is 4.52. The summed E-state index contributed by atoms with van der Waals surface area (Å²) in [5, 5.41) is 14.2. The number of fused-ring (bicyclic) bond motifs is 2. The molecule has 0 bridgehead atoms. The minimum atomic E-state index is -0.935. The van der Waals surface area contributed by atoms with Gasteiger partial charge in [0, 0.05) is 23.1 Å². The first-order chi connectivity index (χ1) is 16.0. The number of ether oxygens (including phenoxy) is 2. The minimum absolute atomic E-state index is 0.0599. The maximum absolute atomic E-state index is 12.8. The van der Waals surface area contributed by atoms with Gasteiger partial charge in [-0.25, -0.2) is 9.18 Å². The first-order valence-corrected chi connectivity index (χ1v) is 10.5. The van der Waals surface area contributed by atoms with Crippen molar-refractivity contribution in [2.45, 2.75) is 31.3 Å². The zero-order valence-electron chi connectivity index (χ0n) is 17.5. The number of benzene rings is 1. The Balaban J connectivity index is 1.23.